The largest absolute Gasteiger partial charge is 0.495 e. The summed E-state index contributed by atoms with van der Waals surface area (Å²) in [4.78, 5) is 0. The molecule has 0 bridgehead atoms. The number of ether oxygens (including phenoxy) is 1. The minimum atomic E-state index is -0.357. The lowest BCUT2D eigenvalue weighted by atomic mass is 10.1. The molecule has 0 spiro atoms. The quantitative estimate of drug-likeness (QED) is 0.816. The van der Waals surface area contributed by atoms with Gasteiger partial charge < -0.3 is 10.5 Å². The van der Waals surface area contributed by atoms with Gasteiger partial charge in [0.2, 0.25) is 0 Å². The fraction of sp³-hybridized carbons (Fsp3) is 0.333. The molecule has 0 aliphatic rings. The second kappa shape index (κ2) is 4.44. The molecule has 0 atom stereocenters. The number of hydrogen-bond donors (Lipinski definition) is 1. The van der Waals surface area contributed by atoms with Crippen molar-refractivity contribution in [3.05, 3.63) is 28.5 Å². The van der Waals surface area contributed by atoms with E-state index in [1.165, 1.54) is 19.2 Å². The van der Waals surface area contributed by atoms with Gasteiger partial charge in [-0.25, -0.2) is 4.39 Å². The molecule has 0 fully saturated rings. The summed E-state index contributed by atoms with van der Waals surface area (Å²) in [6.07, 6.45) is 0.549. The maximum Gasteiger partial charge on any atom is 0.140 e. The summed E-state index contributed by atoms with van der Waals surface area (Å²) in [5, 5.41) is 0.439. The maximum absolute atomic E-state index is 12.9. The van der Waals surface area contributed by atoms with Crippen LogP contribution in [0.2, 0.25) is 5.02 Å². The van der Waals surface area contributed by atoms with Gasteiger partial charge in [0.1, 0.15) is 11.6 Å². The van der Waals surface area contributed by atoms with E-state index in [1.54, 1.807) is 0 Å². The summed E-state index contributed by atoms with van der Waals surface area (Å²) in [6, 6.07) is 2.63. The molecule has 0 aliphatic carbocycles. The van der Waals surface area contributed by atoms with Crippen LogP contribution in [-0.2, 0) is 6.42 Å². The van der Waals surface area contributed by atoms with Crippen molar-refractivity contribution in [2.24, 2.45) is 5.73 Å². The molecule has 0 saturated carbocycles. The zero-order valence-corrected chi connectivity index (χ0v) is 8.07. The fourth-order valence-electron chi connectivity index (χ4n) is 1.10. The number of halogens is 2. The Hall–Kier alpha value is -0.800. The number of hydrogen-bond acceptors (Lipinski definition) is 2. The average molecular weight is 204 g/mol. The number of methoxy groups -OCH3 is 1. The molecule has 0 saturated heterocycles. The molecule has 0 unspecified atom stereocenters. The summed E-state index contributed by atoms with van der Waals surface area (Å²) in [7, 11) is 1.45. The summed E-state index contributed by atoms with van der Waals surface area (Å²) in [5.74, 6) is -0.00480. The molecule has 0 radical (unpaired) electrons. The van der Waals surface area contributed by atoms with Crippen molar-refractivity contribution in [1.82, 2.24) is 0 Å². The highest BCUT2D eigenvalue weighted by Crippen LogP contribution is 2.29. The van der Waals surface area contributed by atoms with Crippen LogP contribution in [0.1, 0.15) is 5.56 Å². The fourth-order valence-corrected chi connectivity index (χ4v) is 1.39. The summed E-state index contributed by atoms with van der Waals surface area (Å²) in [6.45, 7) is 0.437. The van der Waals surface area contributed by atoms with Crippen molar-refractivity contribution in [2.75, 3.05) is 13.7 Å². The molecule has 4 heteroatoms. The van der Waals surface area contributed by atoms with Crippen molar-refractivity contribution in [2.45, 2.75) is 6.42 Å². The predicted octanol–water partition coefficient (Wildman–Crippen LogP) is 1.99. The molecule has 13 heavy (non-hydrogen) atoms. The Labute approximate surface area is 81.4 Å². The zero-order valence-electron chi connectivity index (χ0n) is 7.31. The molecule has 2 N–H and O–H groups in total. The van der Waals surface area contributed by atoms with Gasteiger partial charge in [-0.05, 0) is 24.6 Å². The van der Waals surface area contributed by atoms with Crippen LogP contribution in [0.25, 0.3) is 0 Å². The molecule has 0 amide bonds. The van der Waals surface area contributed by atoms with E-state index in [2.05, 4.69) is 0 Å². The van der Waals surface area contributed by atoms with Crippen LogP contribution in [0, 0.1) is 5.82 Å². The van der Waals surface area contributed by atoms with E-state index in [0.29, 0.717) is 29.3 Å². The Balaban J connectivity index is 3.11. The van der Waals surface area contributed by atoms with Gasteiger partial charge in [-0.2, -0.15) is 0 Å². The van der Waals surface area contributed by atoms with Gasteiger partial charge in [0.15, 0.2) is 0 Å². The van der Waals surface area contributed by atoms with Crippen LogP contribution in [0.4, 0.5) is 4.39 Å². The van der Waals surface area contributed by atoms with E-state index in [9.17, 15) is 4.39 Å². The topological polar surface area (TPSA) is 35.2 Å². The Morgan fingerprint density at radius 3 is 2.77 bits per heavy atom. The standard InChI is InChI=1S/C9H11ClFNO/c1-13-8-5-7(11)4-6(2-3-12)9(8)10/h4-5H,2-3,12H2,1H3. The summed E-state index contributed by atoms with van der Waals surface area (Å²) < 4.78 is 17.8. The lowest BCUT2D eigenvalue weighted by molar-refractivity contribution is 0.411. The summed E-state index contributed by atoms with van der Waals surface area (Å²) >= 11 is 5.91. The maximum atomic E-state index is 12.9. The summed E-state index contributed by atoms with van der Waals surface area (Å²) in [5.41, 5.74) is 6.03. The first kappa shape index (κ1) is 10.3. The van der Waals surface area contributed by atoms with Gasteiger partial charge in [-0.3, -0.25) is 0 Å². The highest BCUT2D eigenvalue weighted by Gasteiger charge is 2.08. The monoisotopic (exact) mass is 203 g/mol. The molecule has 2 nitrogen and oxygen atoms in total. The molecule has 1 aromatic rings. The first-order valence-corrected chi connectivity index (χ1v) is 4.28. The Morgan fingerprint density at radius 1 is 1.54 bits per heavy atom. The Bertz CT molecular complexity index is 304. The second-order valence-electron chi connectivity index (χ2n) is 2.62. The lowest BCUT2D eigenvalue weighted by Gasteiger charge is -2.07. The van der Waals surface area contributed by atoms with E-state index in [4.69, 9.17) is 22.1 Å². The van der Waals surface area contributed by atoms with Crippen LogP contribution in [0.15, 0.2) is 12.1 Å². The van der Waals surface area contributed by atoms with Crippen molar-refractivity contribution < 1.29 is 9.13 Å². The molecular weight excluding hydrogens is 193 g/mol. The molecular formula is C9H11ClFNO. The lowest BCUT2D eigenvalue weighted by Crippen LogP contribution is -2.04. The van der Waals surface area contributed by atoms with Gasteiger partial charge in [0.25, 0.3) is 0 Å². The Kier molecular flexibility index (Phi) is 3.51. The Morgan fingerprint density at radius 2 is 2.23 bits per heavy atom. The molecule has 0 aromatic heterocycles. The van der Waals surface area contributed by atoms with Crippen LogP contribution in [0.3, 0.4) is 0 Å². The van der Waals surface area contributed by atoms with Crippen molar-refractivity contribution in [1.29, 1.82) is 0 Å². The highest BCUT2D eigenvalue weighted by atomic mass is 35.5. The molecule has 1 rings (SSSR count). The molecule has 1 aromatic carbocycles. The van der Waals surface area contributed by atoms with Crippen LogP contribution >= 0.6 is 11.6 Å². The van der Waals surface area contributed by atoms with E-state index >= 15 is 0 Å². The predicted molar refractivity (Wildman–Crippen MR) is 50.7 cm³/mol. The van der Waals surface area contributed by atoms with E-state index in [-0.39, 0.29) is 5.82 Å². The number of nitrogens with two attached hydrogens (primary N) is 1. The van der Waals surface area contributed by atoms with Crippen LogP contribution < -0.4 is 10.5 Å². The average Bonchev–Trinajstić information content (AvgIpc) is 2.11. The number of rotatable bonds is 3. The smallest absolute Gasteiger partial charge is 0.140 e. The minimum absolute atomic E-state index is 0.352. The molecule has 0 heterocycles. The van der Waals surface area contributed by atoms with E-state index in [0.717, 1.165) is 0 Å². The van der Waals surface area contributed by atoms with Gasteiger partial charge in [-0.15, -0.1) is 0 Å². The van der Waals surface area contributed by atoms with Crippen molar-refractivity contribution in [3.8, 4) is 5.75 Å². The van der Waals surface area contributed by atoms with Crippen molar-refractivity contribution in [3.63, 3.8) is 0 Å². The van der Waals surface area contributed by atoms with Gasteiger partial charge in [0.05, 0.1) is 12.1 Å². The molecule has 0 aliphatic heterocycles. The first-order valence-electron chi connectivity index (χ1n) is 3.91. The third kappa shape index (κ3) is 2.32. The zero-order chi connectivity index (χ0) is 9.84. The normalized spacial score (nSPS) is 10.2. The van der Waals surface area contributed by atoms with Gasteiger partial charge in [0, 0.05) is 6.07 Å². The third-order valence-electron chi connectivity index (χ3n) is 1.71. The minimum Gasteiger partial charge on any atom is -0.495 e. The van der Waals surface area contributed by atoms with Gasteiger partial charge in [-0.1, -0.05) is 11.6 Å². The highest BCUT2D eigenvalue weighted by molar-refractivity contribution is 6.32. The SMILES string of the molecule is COc1cc(F)cc(CCN)c1Cl. The second-order valence-corrected chi connectivity index (χ2v) is 3.00. The van der Waals surface area contributed by atoms with Gasteiger partial charge >= 0.3 is 0 Å². The van der Waals surface area contributed by atoms with Crippen LogP contribution in [0.5, 0.6) is 5.75 Å². The third-order valence-corrected chi connectivity index (χ3v) is 2.14. The first-order chi connectivity index (χ1) is 6.19. The van der Waals surface area contributed by atoms with Crippen molar-refractivity contribution >= 4 is 11.6 Å². The molecule has 72 valence electrons. The van der Waals surface area contributed by atoms with Crippen LogP contribution in [-0.4, -0.2) is 13.7 Å². The number of benzene rings is 1. The van der Waals surface area contributed by atoms with E-state index in [1.807, 2.05) is 0 Å². The van der Waals surface area contributed by atoms with E-state index < -0.39 is 0 Å².